The summed E-state index contributed by atoms with van der Waals surface area (Å²) in [6.45, 7) is 11.5. The van der Waals surface area contributed by atoms with E-state index < -0.39 is 0 Å². The number of hydrogen-bond acceptors (Lipinski definition) is 6. The summed E-state index contributed by atoms with van der Waals surface area (Å²) in [7, 11) is 2.01. The molecule has 0 aliphatic carbocycles. The normalized spacial score (nSPS) is 17.6. The van der Waals surface area contributed by atoms with Crippen LogP contribution in [0.1, 0.15) is 52.0 Å². The zero-order valence-electron chi connectivity index (χ0n) is 18.0. The van der Waals surface area contributed by atoms with E-state index in [2.05, 4.69) is 60.1 Å². The van der Waals surface area contributed by atoms with Gasteiger partial charge in [-0.2, -0.15) is 5.10 Å². The molecule has 29 heavy (non-hydrogen) atoms. The number of aromatic nitrogens is 4. The van der Waals surface area contributed by atoms with Crippen LogP contribution in [0.3, 0.4) is 0 Å². The first kappa shape index (κ1) is 20.0. The van der Waals surface area contributed by atoms with Crippen LogP contribution in [0.5, 0.6) is 0 Å². The molecule has 1 unspecified atom stereocenters. The Bertz CT molecular complexity index is 985. The molecule has 7 heteroatoms. The van der Waals surface area contributed by atoms with Gasteiger partial charge in [0, 0.05) is 59.3 Å². The molecular weight excluding hydrogens is 380 g/mol. The van der Waals surface area contributed by atoms with Crippen LogP contribution >= 0.6 is 11.3 Å². The molecule has 0 saturated carbocycles. The maximum absolute atomic E-state index is 4.88. The highest BCUT2D eigenvalue weighted by molar-refractivity contribution is 7.15. The number of thiazole rings is 1. The molecule has 3 aromatic heterocycles. The fourth-order valence-corrected chi connectivity index (χ4v) is 4.84. The number of hydrogen-bond donors (Lipinski definition) is 1. The van der Waals surface area contributed by atoms with Gasteiger partial charge >= 0.3 is 0 Å². The Labute approximate surface area is 177 Å². The van der Waals surface area contributed by atoms with Gasteiger partial charge in [0.2, 0.25) is 0 Å². The largest absolute Gasteiger partial charge is 0.331 e. The number of piperidine rings is 1. The lowest BCUT2D eigenvalue weighted by atomic mass is 9.93. The second-order valence-electron chi connectivity index (χ2n) is 8.16. The average molecular weight is 411 g/mol. The first-order chi connectivity index (χ1) is 13.9. The fourth-order valence-electron chi connectivity index (χ4n) is 4.01. The Balaban J connectivity index is 1.49. The van der Waals surface area contributed by atoms with Crippen LogP contribution in [0.25, 0.3) is 0 Å². The molecule has 4 rings (SSSR count). The van der Waals surface area contributed by atoms with Crippen molar-refractivity contribution in [3.63, 3.8) is 0 Å². The molecule has 1 aliphatic heterocycles. The Kier molecular flexibility index (Phi) is 5.69. The van der Waals surface area contributed by atoms with Gasteiger partial charge in [0.25, 0.3) is 0 Å². The molecule has 6 nitrogen and oxygen atoms in total. The predicted molar refractivity (Wildman–Crippen MR) is 119 cm³/mol. The van der Waals surface area contributed by atoms with Gasteiger partial charge in [0.1, 0.15) is 0 Å². The third kappa shape index (κ3) is 4.51. The zero-order chi connectivity index (χ0) is 20.5. The molecule has 1 fully saturated rings. The second kappa shape index (κ2) is 8.24. The molecule has 154 valence electrons. The molecule has 0 aromatic carbocycles. The van der Waals surface area contributed by atoms with Crippen molar-refractivity contribution in [2.24, 2.45) is 7.05 Å². The van der Waals surface area contributed by atoms with Crippen LogP contribution in [0.2, 0.25) is 0 Å². The molecule has 1 N–H and O–H groups in total. The van der Waals surface area contributed by atoms with E-state index in [0.29, 0.717) is 5.92 Å². The first-order valence-corrected chi connectivity index (χ1v) is 11.1. The van der Waals surface area contributed by atoms with Gasteiger partial charge in [0.05, 0.1) is 11.9 Å². The molecule has 1 atom stereocenters. The van der Waals surface area contributed by atoms with E-state index in [1.165, 1.54) is 34.7 Å². The first-order valence-electron chi connectivity index (χ1n) is 10.3. The van der Waals surface area contributed by atoms with Gasteiger partial charge in [-0.1, -0.05) is 0 Å². The summed E-state index contributed by atoms with van der Waals surface area (Å²) in [4.78, 5) is 13.3. The molecule has 0 amide bonds. The summed E-state index contributed by atoms with van der Waals surface area (Å²) in [5, 5.41) is 8.84. The van der Waals surface area contributed by atoms with Crippen molar-refractivity contribution in [2.45, 2.75) is 53.0 Å². The highest BCUT2D eigenvalue weighted by Gasteiger charge is 2.24. The topological polar surface area (TPSA) is 58.9 Å². The number of nitrogens with zero attached hydrogens (tertiary/aromatic N) is 5. The number of likely N-dealkylation sites (tertiary alicyclic amines) is 1. The molecular formula is C22H30N6S. The van der Waals surface area contributed by atoms with Crippen LogP contribution in [0, 0.1) is 27.7 Å². The predicted octanol–water partition coefficient (Wildman–Crippen LogP) is 4.63. The third-order valence-corrected chi connectivity index (χ3v) is 6.90. The minimum absolute atomic E-state index is 0.459. The van der Waals surface area contributed by atoms with Crippen molar-refractivity contribution in [1.29, 1.82) is 0 Å². The number of rotatable bonds is 5. The van der Waals surface area contributed by atoms with E-state index in [-0.39, 0.29) is 0 Å². The quantitative estimate of drug-likeness (QED) is 0.665. The van der Waals surface area contributed by atoms with Gasteiger partial charge < -0.3 is 5.32 Å². The van der Waals surface area contributed by atoms with E-state index in [9.17, 15) is 0 Å². The summed E-state index contributed by atoms with van der Waals surface area (Å²) >= 11 is 1.70. The summed E-state index contributed by atoms with van der Waals surface area (Å²) < 4.78 is 1.96. The van der Waals surface area contributed by atoms with Crippen LogP contribution in [0.15, 0.2) is 18.3 Å². The van der Waals surface area contributed by atoms with Crippen LogP contribution in [-0.2, 0) is 13.6 Å². The lowest BCUT2D eigenvalue weighted by Gasteiger charge is -2.32. The Morgan fingerprint density at radius 2 is 2.00 bits per heavy atom. The van der Waals surface area contributed by atoms with E-state index in [1.54, 1.807) is 11.3 Å². The zero-order valence-corrected chi connectivity index (χ0v) is 18.8. The summed E-state index contributed by atoms with van der Waals surface area (Å²) in [6.07, 6.45) is 4.39. The van der Waals surface area contributed by atoms with Crippen LogP contribution in [0.4, 0.5) is 10.8 Å². The number of nitrogens with one attached hydrogen (secondary N) is 1. The summed E-state index contributed by atoms with van der Waals surface area (Å²) in [5.74, 6) is 0.459. The number of anilines is 2. The fraction of sp³-hybridized carbons (Fsp3) is 0.500. The van der Waals surface area contributed by atoms with Crippen molar-refractivity contribution in [2.75, 3.05) is 18.4 Å². The maximum Gasteiger partial charge on any atom is 0.187 e. The Hall–Kier alpha value is -2.25. The molecule has 0 bridgehead atoms. The molecule has 1 aliphatic rings. The smallest absolute Gasteiger partial charge is 0.187 e. The standard InChI is InChI=1S/C22H30N6S/c1-14-9-20(26-22-25-15(2)17(4)29-22)10-21(24-14)18-7-6-8-28(12-18)13-19-11-23-27(5)16(19)3/h9-11,18H,6-8,12-13H2,1-5H3,(H,24,25,26). The molecule has 3 aromatic rings. The minimum Gasteiger partial charge on any atom is -0.331 e. The third-order valence-electron chi connectivity index (χ3n) is 5.91. The highest BCUT2D eigenvalue weighted by atomic mass is 32.1. The number of aryl methyl sites for hydroxylation is 4. The van der Waals surface area contributed by atoms with Gasteiger partial charge in [-0.3, -0.25) is 14.6 Å². The van der Waals surface area contributed by atoms with Gasteiger partial charge in [-0.05, 0) is 59.2 Å². The maximum atomic E-state index is 4.88. The highest BCUT2D eigenvalue weighted by Crippen LogP contribution is 2.31. The molecule has 0 spiro atoms. The Morgan fingerprint density at radius 3 is 2.69 bits per heavy atom. The molecule has 0 radical (unpaired) electrons. The molecule has 1 saturated heterocycles. The molecule has 4 heterocycles. The SMILES string of the molecule is Cc1cc(Nc2nc(C)c(C)s2)cc(C2CCCN(Cc3cnn(C)c3C)C2)n1. The summed E-state index contributed by atoms with van der Waals surface area (Å²) in [6, 6.07) is 4.32. The number of pyridine rings is 1. The lowest BCUT2D eigenvalue weighted by molar-refractivity contribution is 0.198. The lowest BCUT2D eigenvalue weighted by Crippen LogP contribution is -2.34. The summed E-state index contributed by atoms with van der Waals surface area (Å²) in [5.41, 5.74) is 6.99. The van der Waals surface area contributed by atoms with Gasteiger partial charge in [-0.25, -0.2) is 4.98 Å². The van der Waals surface area contributed by atoms with Gasteiger partial charge in [0.15, 0.2) is 5.13 Å². The average Bonchev–Trinajstić information content (AvgIpc) is 3.16. The van der Waals surface area contributed by atoms with Crippen molar-refractivity contribution in [3.8, 4) is 0 Å². The Morgan fingerprint density at radius 1 is 1.17 bits per heavy atom. The van der Waals surface area contributed by atoms with Crippen LogP contribution in [-0.4, -0.2) is 37.7 Å². The van der Waals surface area contributed by atoms with Crippen molar-refractivity contribution in [1.82, 2.24) is 24.6 Å². The second-order valence-corrected chi connectivity index (χ2v) is 9.36. The minimum atomic E-state index is 0.459. The van der Waals surface area contributed by atoms with Crippen molar-refractivity contribution in [3.05, 3.63) is 51.5 Å². The van der Waals surface area contributed by atoms with E-state index in [4.69, 9.17) is 4.98 Å². The van der Waals surface area contributed by atoms with Crippen LogP contribution < -0.4 is 5.32 Å². The van der Waals surface area contributed by atoms with E-state index in [1.807, 2.05) is 17.9 Å². The van der Waals surface area contributed by atoms with Gasteiger partial charge in [-0.15, -0.1) is 11.3 Å². The van der Waals surface area contributed by atoms with E-state index >= 15 is 0 Å². The van der Waals surface area contributed by atoms with E-state index in [0.717, 1.165) is 41.8 Å². The van der Waals surface area contributed by atoms with Crippen molar-refractivity contribution < 1.29 is 0 Å². The monoisotopic (exact) mass is 410 g/mol. The van der Waals surface area contributed by atoms with Crippen molar-refractivity contribution >= 4 is 22.2 Å².